The number of carbonyl (C=O) groups excluding carboxylic acids is 2. The monoisotopic (exact) mass is 312 g/mol. The van der Waals surface area contributed by atoms with E-state index in [0.717, 1.165) is 18.2 Å². The first-order valence-electron chi connectivity index (χ1n) is 7.86. The maximum atomic E-state index is 12.1. The van der Waals surface area contributed by atoms with Crippen molar-refractivity contribution in [3.63, 3.8) is 0 Å². The van der Waals surface area contributed by atoms with Gasteiger partial charge in [0.25, 0.3) is 0 Å². The quantitative estimate of drug-likeness (QED) is 0.753. The van der Waals surface area contributed by atoms with Gasteiger partial charge in [0.05, 0.1) is 0 Å². The van der Waals surface area contributed by atoms with Crippen molar-refractivity contribution in [1.82, 2.24) is 5.32 Å². The zero-order valence-corrected chi connectivity index (χ0v) is 13.1. The topological polar surface area (TPSA) is 78.4 Å². The lowest BCUT2D eigenvalue weighted by molar-refractivity contribution is -0.136. The fraction of sp³-hybridized carbons (Fsp3) is 0.333. The van der Waals surface area contributed by atoms with Gasteiger partial charge in [0, 0.05) is 23.7 Å². The lowest BCUT2D eigenvalue weighted by atomic mass is 10.0. The fourth-order valence-electron chi connectivity index (χ4n) is 3.09. The molecule has 0 unspecified atom stereocenters. The summed E-state index contributed by atoms with van der Waals surface area (Å²) in [7, 11) is 0. The van der Waals surface area contributed by atoms with Crippen LogP contribution in [0, 0.1) is 0 Å². The van der Waals surface area contributed by atoms with Gasteiger partial charge in [-0.15, -0.1) is 0 Å². The minimum atomic E-state index is -0.687. The van der Waals surface area contributed by atoms with Gasteiger partial charge < -0.3 is 15.7 Å². The number of rotatable bonds is 4. The average molecular weight is 312 g/mol. The van der Waals surface area contributed by atoms with Crippen LogP contribution < -0.4 is 10.6 Å². The van der Waals surface area contributed by atoms with Crippen LogP contribution in [-0.2, 0) is 22.4 Å². The van der Waals surface area contributed by atoms with E-state index in [0.29, 0.717) is 12.1 Å². The molecular formula is C18H20N2O3. The number of carbonyl (C=O) groups is 2. The lowest BCUT2D eigenvalue weighted by Crippen LogP contribution is -2.40. The van der Waals surface area contributed by atoms with Crippen molar-refractivity contribution in [3.05, 3.63) is 41.5 Å². The summed E-state index contributed by atoms with van der Waals surface area (Å²) in [6.45, 7) is 1.72. The number of amides is 2. The molecule has 1 aliphatic carbocycles. The van der Waals surface area contributed by atoms with E-state index < -0.39 is 11.8 Å². The van der Waals surface area contributed by atoms with Crippen molar-refractivity contribution < 1.29 is 14.7 Å². The SMILES string of the molecule is C[C@H](CCO)NC(=O)C(=O)Nc1ccc2c3c(cccc13)CC2. The van der Waals surface area contributed by atoms with Gasteiger partial charge in [0.15, 0.2) is 0 Å². The first-order valence-corrected chi connectivity index (χ1v) is 7.86. The lowest BCUT2D eigenvalue weighted by Gasteiger charge is -2.13. The third-order valence-electron chi connectivity index (χ3n) is 4.27. The summed E-state index contributed by atoms with van der Waals surface area (Å²) in [5, 5.41) is 16.3. The standard InChI is InChI=1S/C18H20N2O3/c1-11(9-10-21)19-17(22)18(23)20-15-8-7-13-6-5-12-3-2-4-14(15)16(12)13/h2-4,7-8,11,21H,5-6,9-10H2,1H3,(H,19,22)(H,20,23)/t11-/m1/s1. The number of hydrogen-bond donors (Lipinski definition) is 3. The average Bonchev–Trinajstić information content (AvgIpc) is 2.95. The second kappa shape index (κ2) is 6.38. The number of aliphatic hydroxyl groups is 1. The van der Waals surface area contributed by atoms with Crippen molar-refractivity contribution in [2.45, 2.75) is 32.2 Å². The largest absolute Gasteiger partial charge is 0.396 e. The smallest absolute Gasteiger partial charge is 0.313 e. The molecule has 120 valence electrons. The Balaban J connectivity index is 1.80. The second-order valence-electron chi connectivity index (χ2n) is 5.95. The zero-order chi connectivity index (χ0) is 16.4. The van der Waals surface area contributed by atoms with Crippen molar-refractivity contribution in [1.29, 1.82) is 0 Å². The summed E-state index contributed by atoms with van der Waals surface area (Å²) in [5.74, 6) is -1.37. The third kappa shape index (κ3) is 3.05. The highest BCUT2D eigenvalue weighted by Gasteiger charge is 2.20. The molecule has 1 atom stereocenters. The Morgan fingerprint density at radius 3 is 2.61 bits per heavy atom. The Kier molecular flexibility index (Phi) is 4.30. The van der Waals surface area contributed by atoms with Crippen LogP contribution in [-0.4, -0.2) is 29.6 Å². The van der Waals surface area contributed by atoms with E-state index in [1.54, 1.807) is 6.92 Å². The summed E-state index contributed by atoms with van der Waals surface area (Å²) < 4.78 is 0. The van der Waals surface area contributed by atoms with Gasteiger partial charge in [-0.2, -0.15) is 0 Å². The van der Waals surface area contributed by atoms with Crippen molar-refractivity contribution in [2.24, 2.45) is 0 Å². The molecule has 23 heavy (non-hydrogen) atoms. The van der Waals surface area contributed by atoms with Crippen molar-refractivity contribution in [3.8, 4) is 0 Å². The molecule has 0 aliphatic heterocycles. The molecule has 5 nitrogen and oxygen atoms in total. The Morgan fingerprint density at radius 1 is 1.13 bits per heavy atom. The molecule has 0 fully saturated rings. The van der Waals surface area contributed by atoms with Crippen LogP contribution in [0.3, 0.4) is 0 Å². The Hall–Kier alpha value is -2.40. The molecule has 0 saturated heterocycles. The molecule has 0 bridgehead atoms. The highest BCUT2D eigenvalue weighted by atomic mass is 16.3. The summed E-state index contributed by atoms with van der Waals surface area (Å²) in [5.41, 5.74) is 3.23. The van der Waals surface area contributed by atoms with Crippen LogP contribution in [0.2, 0.25) is 0 Å². The van der Waals surface area contributed by atoms with E-state index in [1.807, 2.05) is 24.3 Å². The second-order valence-corrected chi connectivity index (χ2v) is 5.95. The van der Waals surface area contributed by atoms with Gasteiger partial charge in [0.2, 0.25) is 0 Å². The molecule has 5 heteroatoms. The molecule has 0 aromatic heterocycles. The minimum Gasteiger partial charge on any atom is -0.396 e. The maximum absolute atomic E-state index is 12.1. The van der Waals surface area contributed by atoms with Crippen LogP contribution in [0.25, 0.3) is 10.8 Å². The number of nitrogens with one attached hydrogen (secondary N) is 2. The molecule has 0 heterocycles. The van der Waals surface area contributed by atoms with Gasteiger partial charge in [-0.05, 0) is 48.8 Å². The molecule has 0 spiro atoms. The highest BCUT2D eigenvalue weighted by Crippen LogP contribution is 2.34. The van der Waals surface area contributed by atoms with Crippen LogP contribution in [0.15, 0.2) is 30.3 Å². The number of hydrogen-bond acceptors (Lipinski definition) is 3. The normalized spacial score (nSPS) is 13.8. The van der Waals surface area contributed by atoms with E-state index in [9.17, 15) is 9.59 Å². The van der Waals surface area contributed by atoms with Crippen LogP contribution in [0.1, 0.15) is 24.5 Å². The van der Waals surface area contributed by atoms with Gasteiger partial charge in [-0.1, -0.05) is 24.3 Å². The third-order valence-corrected chi connectivity index (χ3v) is 4.27. The van der Waals surface area contributed by atoms with Crippen LogP contribution >= 0.6 is 0 Å². The molecule has 2 amide bonds. The van der Waals surface area contributed by atoms with Gasteiger partial charge in [-0.25, -0.2) is 0 Å². The first-order chi connectivity index (χ1) is 11.1. The Labute approximate surface area is 134 Å². The highest BCUT2D eigenvalue weighted by molar-refractivity contribution is 6.40. The molecule has 1 aliphatic rings. The van der Waals surface area contributed by atoms with E-state index in [-0.39, 0.29) is 12.6 Å². The molecule has 0 saturated carbocycles. The van der Waals surface area contributed by atoms with Gasteiger partial charge in [0.1, 0.15) is 0 Å². The molecular weight excluding hydrogens is 292 g/mol. The Morgan fingerprint density at radius 2 is 1.87 bits per heavy atom. The number of anilines is 1. The van der Waals surface area contributed by atoms with E-state index in [4.69, 9.17) is 5.11 Å². The number of aryl methyl sites for hydroxylation is 2. The predicted molar refractivity (Wildman–Crippen MR) is 89.3 cm³/mol. The minimum absolute atomic E-state index is 0.0298. The van der Waals surface area contributed by atoms with Crippen molar-refractivity contribution in [2.75, 3.05) is 11.9 Å². The maximum Gasteiger partial charge on any atom is 0.313 e. The predicted octanol–water partition coefficient (Wildman–Crippen LogP) is 1.76. The van der Waals surface area contributed by atoms with E-state index >= 15 is 0 Å². The van der Waals surface area contributed by atoms with Gasteiger partial charge >= 0.3 is 11.8 Å². The molecule has 2 aromatic rings. The molecule has 2 aromatic carbocycles. The summed E-state index contributed by atoms with van der Waals surface area (Å²) >= 11 is 0. The van der Waals surface area contributed by atoms with Crippen LogP contribution in [0.4, 0.5) is 5.69 Å². The van der Waals surface area contributed by atoms with Crippen LogP contribution in [0.5, 0.6) is 0 Å². The zero-order valence-electron chi connectivity index (χ0n) is 13.1. The van der Waals surface area contributed by atoms with E-state index in [1.165, 1.54) is 16.5 Å². The van der Waals surface area contributed by atoms with Crippen molar-refractivity contribution >= 4 is 28.3 Å². The number of aliphatic hydroxyl groups excluding tert-OH is 1. The Bertz CT molecular complexity index is 760. The molecule has 3 rings (SSSR count). The molecule has 3 N–H and O–H groups in total. The molecule has 0 radical (unpaired) electrons. The summed E-state index contributed by atoms with van der Waals surface area (Å²) in [4.78, 5) is 24.0. The first kappa shape index (κ1) is 15.5. The summed E-state index contributed by atoms with van der Waals surface area (Å²) in [6.07, 6.45) is 2.45. The fourth-order valence-corrected chi connectivity index (χ4v) is 3.09. The van der Waals surface area contributed by atoms with Gasteiger partial charge in [-0.3, -0.25) is 9.59 Å². The number of benzene rings is 2. The summed E-state index contributed by atoms with van der Waals surface area (Å²) in [6, 6.07) is 9.68. The van der Waals surface area contributed by atoms with E-state index in [2.05, 4.69) is 16.7 Å².